The maximum atomic E-state index is 3.42. The van der Waals surface area contributed by atoms with Crippen molar-refractivity contribution in [1.82, 2.24) is 10.2 Å². The predicted octanol–water partition coefficient (Wildman–Crippen LogP) is 2.06. The number of hydrogen-bond acceptors (Lipinski definition) is 3. The van der Waals surface area contributed by atoms with Gasteiger partial charge >= 0.3 is 0 Å². The van der Waals surface area contributed by atoms with Gasteiger partial charge in [-0.05, 0) is 57.3 Å². The van der Waals surface area contributed by atoms with Crippen molar-refractivity contribution in [1.29, 1.82) is 0 Å². The zero-order valence-corrected chi connectivity index (χ0v) is 11.3. The Kier molecular flexibility index (Phi) is 6.69. The smallest absolute Gasteiger partial charge is 0.0114 e. The first-order valence-corrected chi connectivity index (χ1v) is 7.56. The van der Waals surface area contributed by atoms with Gasteiger partial charge < -0.3 is 10.2 Å². The lowest BCUT2D eigenvalue weighted by molar-refractivity contribution is 0.150. The molecule has 0 amide bonds. The zero-order valence-electron chi connectivity index (χ0n) is 10.5. The van der Waals surface area contributed by atoms with Gasteiger partial charge in [0.1, 0.15) is 0 Å². The Morgan fingerprint density at radius 3 is 2.80 bits per heavy atom. The average molecular weight is 230 g/mol. The van der Waals surface area contributed by atoms with Crippen LogP contribution in [0.5, 0.6) is 0 Å². The molecule has 90 valence electrons. The number of thioether (sulfide) groups is 1. The Morgan fingerprint density at radius 2 is 2.20 bits per heavy atom. The highest BCUT2D eigenvalue weighted by Gasteiger charge is 2.23. The molecule has 2 nitrogen and oxygen atoms in total. The first-order valence-electron chi connectivity index (χ1n) is 6.16. The molecule has 0 radical (unpaired) electrons. The first kappa shape index (κ1) is 13.3. The van der Waals surface area contributed by atoms with Crippen LogP contribution in [0, 0.1) is 5.92 Å². The van der Waals surface area contributed by atoms with Crippen LogP contribution in [0.15, 0.2) is 0 Å². The second-order valence-electron chi connectivity index (χ2n) is 4.66. The lowest BCUT2D eigenvalue weighted by atomic mass is 9.94. The van der Waals surface area contributed by atoms with E-state index in [0.717, 1.165) is 12.0 Å². The molecule has 0 aliphatic carbocycles. The summed E-state index contributed by atoms with van der Waals surface area (Å²) in [4.78, 5) is 2.64. The highest BCUT2D eigenvalue weighted by atomic mass is 32.2. The lowest BCUT2D eigenvalue weighted by Gasteiger charge is -2.36. The molecule has 0 aromatic carbocycles. The summed E-state index contributed by atoms with van der Waals surface area (Å²) in [7, 11) is 2.09. The van der Waals surface area contributed by atoms with Crippen LogP contribution < -0.4 is 5.32 Å². The van der Waals surface area contributed by atoms with E-state index in [2.05, 4.69) is 30.4 Å². The van der Waals surface area contributed by atoms with Crippen LogP contribution in [-0.2, 0) is 0 Å². The van der Waals surface area contributed by atoms with E-state index in [-0.39, 0.29) is 0 Å². The Morgan fingerprint density at radius 1 is 1.40 bits per heavy atom. The highest BCUT2D eigenvalue weighted by molar-refractivity contribution is 7.98. The number of hydrogen-bond donors (Lipinski definition) is 1. The summed E-state index contributed by atoms with van der Waals surface area (Å²) < 4.78 is 0. The Hall–Kier alpha value is 0.270. The van der Waals surface area contributed by atoms with Crippen molar-refractivity contribution in [3.63, 3.8) is 0 Å². The molecule has 2 unspecified atom stereocenters. The van der Waals surface area contributed by atoms with Crippen LogP contribution in [0.4, 0.5) is 0 Å². The molecular weight excluding hydrogens is 204 g/mol. The maximum absolute atomic E-state index is 3.42. The van der Waals surface area contributed by atoms with Crippen LogP contribution in [-0.4, -0.2) is 49.6 Å². The molecule has 15 heavy (non-hydrogen) atoms. The van der Waals surface area contributed by atoms with Crippen LogP contribution >= 0.6 is 11.8 Å². The number of rotatable bonds is 6. The van der Waals surface area contributed by atoms with Gasteiger partial charge in [-0.25, -0.2) is 0 Å². The van der Waals surface area contributed by atoms with E-state index < -0.39 is 0 Å². The summed E-state index contributed by atoms with van der Waals surface area (Å²) in [6.45, 7) is 6.25. The molecule has 1 aliphatic rings. The second-order valence-corrected chi connectivity index (χ2v) is 5.65. The van der Waals surface area contributed by atoms with E-state index in [9.17, 15) is 0 Å². The predicted molar refractivity (Wildman–Crippen MR) is 70.7 cm³/mol. The number of nitrogens with zero attached hydrogens (tertiary/aromatic N) is 1. The number of piperidine rings is 1. The molecule has 1 N–H and O–H groups in total. The van der Waals surface area contributed by atoms with Gasteiger partial charge in [0.15, 0.2) is 0 Å². The molecule has 1 rings (SSSR count). The molecule has 0 aromatic rings. The third-order valence-corrected chi connectivity index (χ3v) is 4.13. The van der Waals surface area contributed by atoms with E-state index in [1.54, 1.807) is 0 Å². The minimum absolute atomic E-state index is 0.743. The topological polar surface area (TPSA) is 15.3 Å². The average Bonchev–Trinajstić information content (AvgIpc) is 2.25. The minimum atomic E-state index is 0.743. The van der Waals surface area contributed by atoms with Gasteiger partial charge in [-0.3, -0.25) is 0 Å². The van der Waals surface area contributed by atoms with Crippen molar-refractivity contribution in [3.8, 4) is 0 Å². The molecule has 0 saturated carbocycles. The molecule has 1 saturated heterocycles. The van der Waals surface area contributed by atoms with Gasteiger partial charge in [0.2, 0.25) is 0 Å². The van der Waals surface area contributed by atoms with Crippen molar-refractivity contribution >= 4 is 11.8 Å². The number of likely N-dealkylation sites (tertiary alicyclic amines) is 1. The standard InChI is InChI=1S/C12H26N2S/c1-11-10-14(7-4-5-9-15-3)8-6-12(11)13-2/h11-13H,4-10H2,1-3H3. The maximum Gasteiger partial charge on any atom is 0.0114 e. The van der Waals surface area contributed by atoms with E-state index in [0.29, 0.717) is 0 Å². The fourth-order valence-electron chi connectivity index (χ4n) is 2.45. The van der Waals surface area contributed by atoms with Crippen molar-refractivity contribution in [2.24, 2.45) is 5.92 Å². The van der Waals surface area contributed by atoms with Gasteiger partial charge in [-0.2, -0.15) is 11.8 Å². The molecule has 1 fully saturated rings. The third kappa shape index (κ3) is 4.75. The number of unbranched alkanes of at least 4 members (excludes halogenated alkanes) is 1. The molecule has 0 aromatic heterocycles. The van der Waals surface area contributed by atoms with Gasteiger partial charge in [0.25, 0.3) is 0 Å². The van der Waals surface area contributed by atoms with Crippen molar-refractivity contribution in [2.75, 3.05) is 38.7 Å². The Balaban J connectivity index is 2.11. The largest absolute Gasteiger partial charge is 0.317 e. The molecule has 0 bridgehead atoms. The minimum Gasteiger partial charge on any atom is -0.317 e. The van der Waals surface area contributed by atoms with E-state index in [1.807, 2.05) is 11.8 Å². The summed E-state index contributed by atoms with van der Waals surface area (Å²) in [6.07, 6.45) is 6.26. The summed E-state index contributed by atoms with van der Waals surface area (Å²) in [5, 5.41) is 3.42. The van der Waals surface area contributed by atoms with Gasteiger partial charge in [0.05, 0.1) is 0 Å². The van der Waals surface area contributed by atoms with Crippen molar-refractivity contribution in [2.45, 2.75) is 32.2 Å². The molecule has 3 heteroatoms. The van der Waals surface area contributed by atoms with Crippen molar-refractivity contribution in [3.05, 3.63) is 0 Å². The van der Waals surface area contributed by atoms with E-state index >= 15 is 0 Å². The molecular formula is C12H26N2S. The quantitative estimate of drug-likeness (QED) is 0.703. The summed E-state index contributed by atoms with van der Waals surface area (Å²) in [5.74, 6) is 2.13. The van der Waals surface area contributed by atoms with Crippen LogP contribution in [0.3, 0.4) is 0 Å². The Labute approximate surface area is 99.2 Å². The zero-order chi connectivity index (χ0) is 11.1. The molecule has 1 aliphatic heterocycles. The molecule has 1 heterocycles. The normalized spacial score (nSPS) is 28.2. The fraction of sp³-hybridized carbons (Fsp3) is 1.00. The SMILES string of the molecule is CNC1CCN(CCCCSC)CC1C. The molecule has 0 spiro atoms. The van der Waals surface area contributed by atoms with Crippen LogP contribution in [0.1, 0.15) is 26.2 Å². The fourth-order valence-corrected chi connectivity index (χ4v) is 2.94. The van der Waals surface area contributed by atoms with Gasteiger partial charge in [-0.15, -0.1) is 0 Å². The van der Waals surface area contributed by atoms with Gasteiger partial charge in [-0.1, -0.05) is 6.92 Å². The number of nitrogens with one attached hydrogen (secondary N) is 1. The summed E-state index contributed by atoms with van der Waals surface area (Å²) >= 11 is 1.96. The van der Waals surface area contributed by atoms with Crippen molar-refractivity contribution < 1.29 is 0 Å². The first-order chi connectivity index (χ1) is 7.27. The molecule has 2 atom stereocenters. The summed E-state index contributed by atoms with van der Waals surface area (Å²) in [6, 6.07) is 0.743. The second kappa shape index (κ2) is 7.53. The lowest BCUT2D eigenvalue weighted by Crippen LogP contribution is -2.47. The van der Waals surface area contributed by atoms with Crippen LogP contribution in [0.25, 0.3) is 0 Å². The Bertz CT molecular complexity index is 164. The van der Waals surface area contributed by atoms with Gasteiger partial charge in [0, 0.05) is 12.6 Å². The summed E-state index contributed by atoms with van der Waals surface area (Å²) in [5.41, 5.74) is 0. The highest BCUT2D eigenvalue weighted by Crippen LogP contribution is 2.16. The third-order valence-electron chi connectivity index (χ3n) is 3.43. The monoisotopic (exact) mass is 230 g/mol. The van der Waals surface area contributed by atoms with E-state index in [4.69, 9.17) is 0 Å². The van der Waals surface area contributed by atoms with E-state index in [1.165, 1.54) is 44.6 Å². The van der Waals surface area contributed by atoms with Crippen LogP contribution in [0.2, 0.25) is 0 Å².